The summed E-state index contributed by atoms with van der Waals surface area (Å²) in [4.78, 5) is 18.8. The molecule has 2 heterocycles. The van der Waals surface area contributed by atoms with Crippen molar-refractivity contribution in [3.05, 3.63) is 23.9 Å². The van der Waals surface area contributed by atoms with Crippen LogP contribution < -0.4 is 5.32 Å². The Kier molecular flexibility index (Phi) is 4.60. The summed E-state index contributed by atoms with van der Waals surface area (Å²) in [5, 5.41) is 3.21. The highest BCUT2D eigenvalue weighted by Crippen LogP contribution is 2.21. The van der Waals surface area contributed by atoms with Gasteiger partial charge in [-0.05, 0) is 32.4 Å². The van der Waals surface area contributed by atoms with Crippen molar-refractivity contribution in [1.82, 2.24) is 9.88 Å². The molecule has 110 valence electrons. The average Bonchev–Trinajstić information content (AvgIpc) is 2.43. The second-order valence-electron chi connectivity index (χ2n) is 5.66. The Morgan fingerprint density at radius 3 is 3.05 bits per heavy atom. The van der Waals surface area contributed by atoms with E-state index in [1.54, 1.807) is 12.3 Å². The predicted molar refractivity (Wildman–Crippen MR) is 79.0 cm³/mol. The second-order valence-corrected chi connectivity index (χ2v) is 5.66. The molecule has 1 aromatic heterocycles. The summed E-state index contributed by atoms with van der Waals surface area (Å²) in [5.41, 5.74) is 0.353. The van der Waals surface area contributed by atoms with Gasteiger partial charge in [-0.25, -0.2) is 4.98 Å². The SMILES string of the molecule is CCCNc1ncccc1C(=O)N1CCOC(C)(C)C1. The molecule has 0 aromatic carbocycles. The van der Waals surface area contributed by atoms with E-state index in [1.165, 1.54) is 0 Å². The maximum absolute atomic E-state index is 12.7. The lowest BCUT2D eigenvalue weighted by Crippen LogP contribution is -2.50. The lowest BCUT2D eigenvalue weighted by atomic mass is 10.1. The summed E-state index contributed by atoms with van der Waals surface area (Å²) in [6.07, 6.45) is 2.70. The van der Waals surface area contributed by atoms with Crippen molar-refractivity contribution in [3.63, 3.8) is 0 Å². The van der Waals surface area contributed by atoms with E-state index in [1.807, 2.05) is 24.8 Å². The number of carbonyl (C=O) groups is 1. The van der Waals surface area contributed by atoms with Crippen molar-refractivity contribution in [2.24, 2.45) is 0 Å². The van der Waals surface area contributed by atoms with Crippen LogP contribution in [0.15, 0.2) is 18.3 Å². The molecule has 0 aliphatic carbocycles. The normalized spacial score (nSPS) is 17.9. The van der Waals surface area contributed by atoms with Crippen molar-refractivity contribution in [2.45, 2.75) is 32.8 Å². The average molecular weight is 277 g/mol. The summed E-state index contributed by atoms with van der Waals surface area (Å²) >= 11 is 0. The Hall–Kier alpha value is -1.62. The van der Waals surface area contributed by atoms with Crippen LogP contribution in [0.1, 0.15) is 37.6 Å². The topological polar surface area (TPSA) is 54.5 Å². The van der Waals surface area contributed by atoms with Gasteiger partial charge in [-0.15, -0.1) is 0 Å². The first-order chi connectivity index (χ1) is 9.53. The Labute approximate surface area is 120 Å². The molecule has 2 rings (SSSR count). The zero-order chi connectivity index (χ0) is 14.6. The molecular weight excluding hydrogens is 254 g/mol. The number of rotatable bonds is 4. The van der Waals surface area contributed by atoms with Gasteiger partial charge in [0.2, 0.25) is 0 Å². The van der Waals surface area contributed by atoms with Crippen LogP contribution >= 0.6 is 0 Å². The Morgan fingerprint density at radius 2 is 2.35 bits per heavy atom. The van der Waals surface area contributed by atoms with Crippen molar-refractivity contribution >= 4 is 11.7 Å². The van der Waals surface area contributed by atoms with Crippen LogP contribution in [0, 0.1) is 0 Å². The van der Waals surface area contributed by atoms with Crippen LogP contribution in [-0.4, -0.2) is 47.6 Å². The minimum atomic E-state index is -0.285. The number of nitrogens with one attached hydrogen (secondary N) is 1. The lowest BCUT2D eigenvalue weighted by Gasteiger charge is -2.38. The molecule has 0 unspecified atom stereocenters. The van der Waals surface area contributed by atoms with Gasteiger partial charge in [-0.1, -0.05) is 6.92 Å². The molecule has 20 heavy (non-hydrogen) atoms. The van der Waals surface area contributed by atoms with Crippen molar-refractivity contribution in [1.29, 1.82) is 0 Å². The molecule has 5 heteroatoms. The van der Waals surface area contributed by atoms with Gasteiger partial charge in [0.15, 0.2) is 0 Å². The van der Waals surface area contributed by atoms with Gasteiger partial charge in [0.05, 0.1) is 17.8 Å². The number of amides is 1. The number of morpholine rings is 1. The van der Waals surface area contributed by atoms with Gasteiger partial charge in [0.25, 0.3) is 5.91 Å². The largest absolute Gasteiger partial charge is 0.372 e. The molecule has 1 amide bonds. The standard InChI is InChI=1S/C15H23N3O2/c1-4-7-16-13-12(6-5-8-17-13)14(19)18-9-10-20-15(2,3)11-18/h5-6,8H,4,7,9-11H2,1-3H3,(H,16,17). The monoisotopic (exact) mass is 277 g/mol. The van der Waals surface area contributed by atoms with Crippen molar-refractivity contribution in [3.8, 4) is 0 Å². The smallest absolute Gasteiger partial charge is 0.257 e. The zero-order valence-electron chi connectivity index (χ0n) is 12.5. The molecule has 1 fully saturated rings. The van der Waals surface area contributed by atoms with Crippen molar-refractivity contribution < 1.29 is 9.53 Å². The zero-order valence-corrected chi connectivity index (χ0v) is 12.5. The molecule has 1 aromatic rings. The van der Waals surface area contributed by atoms with E-state index in [4.69, 9.17) is 4.74 Å². The summed E-state index contributed by atoms with van der Waals surface area (Å²) in [6, 6.07) is 3.63. The maximum atomic E-state index is 12.7. The maximum Gasteiger partial charge on any atom is 0.257 e. The van der Waals surface area contributed by atoms with Crippen molar-refractivity contribution in [2.75, 3.05) is 31.6 Å². The molecule has 5 nitrogen and oxygen atoms in total. The summed E-state index contributed by atoms with van der Waals surface area (Å²) in [5.74, 6) is 0.691. The number of anilines is 1. The van der Waals surface area contributed by atoms with Crippen LogP contribution in [0.25, 0.3) is 0 Å². The number of carbonyl (C=O) groups excluding carboxylic acids is 1. The second kappa shape index (κ2) is 6.22. The van der Waals surface area contributed by atoms with Gasteiger partial charge < -0.3 is 15.0 Å². The number of hydrogen-bond donors (Lipinski definition) is 1. The molecule has 1 aliphatic rings. The summed E-state index contributed by atoms with van der Waals surface area (Å²) < 4.78 is 5.65. The Morgan fingerprint density at radius 1 is 1.55 bits per heavy atom. The van der Waals surface area contributed by atoms with E-state index in [9.17, 15) is 4.79 Å². The minimum absolute atomic E-state index is 0.0214. The Bertz CT molecular complexity index is 474. The van der Waals surface area contributed by atoms with Gasteiger partial charge >= 0.3 is 0 Å². The fourth-order valence-corrected chi connectivity index (χ4v) is 2.32. The first-order valence-electron chi connectivity index (χ1n) is 7.15. The Balaban J connectivity index is 2.16. The summed E-state index contributed by atoms with van der Waals surface area (Å²) in [7, 11) is 0. The van der Waals surface area contributed by atoms with E-state index < -0.39 is 0 Å². The highest BCUT2D eigenvalue weighted by Gasteiger charge is 2.31. The third-order valence-electron chi connectivity index (χ3n) is 3.29. The van der Waals surface area contributed by atoms with Gasteiger partial charge in [0, 0.05) is 25.8 Å². The quantitative estimate of drug-likeness (QED) is 0.916. The van der Waals surface area contributed by atoms with Gasteiger partial charge in [-0.2, -0.15) is 0 Å². The molecule has 1 aliphatic heterocycles. The number of aromatic nitrogens is 1. The van der Waals surface area contributed by atoms with E-state index in [2.05, 4.69) is 17.2 Å². The third kappa shape index (κ3) is 3.48. The van der Waals surface area contributed by atoms with E-state index >= 15 is 0 Å². The number of ether oxygens (including phenoxy) is 1. The molecule has 0 atom stereocenters. The molecular formula is C15H23N3O2. The third-order valence-corrected chi connectivity index (χ3v) is 3.29. The van der Waals surface area contributed by atoms with Crippen LogP contribution in [0.2, 0.25) is 0 Å². The van der Waals surface area contributed by atoms with Crippen LogP contribution in [0.5, 0.6) is 0 Å². The first-order valence-corrected chi connectivity index (χ1v) is 7.15. The fourth-order valence-electron chi connectivity index (χ4n) is 2.32. The molecule has 1 N–H and O–H groups in total. The molecule has 0 radical (unpaired) electrons. The molecule has 0 spiro atoms. The molecule has 0 saturated carbocycles. The number of pyridine rings is 1. The van der Waals surface area contributed by atoms with Crippen LogP contribution in [0.4, 0.5) is 5.82 Å². The minimum Gasteiger partial charge on any atom is -0.372 e. The number of hydrogen-bond acceptors (Lipinski definition) is 4. The highest BCUT2D eigenvalue weighted by atomic mass is 16.5. The van der Waals surface area contributed by atoms with E-state index in [0.717, 1.165) is 13.0 Å². The lowest BCUT2D eigenvalue weighted by molar-refractivity contribution is -0.0763. The van der Waals surface area contributed by atoms with Gasteiger partial charge in [0.1, 0.15) is 5.82 Å². The molecule has 1 saturated heterocycles. The highest BCUT2D eigenvalue weighted by molar-refractivity contribution is 5.98. The van der Waals surface area contributed by atoms with E-state index in [0.29, 0.717) is 31.1 Å². The number of nitrogens with zero attached hydrogens (tertiary/aromatic N) is 2. The molecule has 0 bridgehead atoms. The van der Waals surface area contributed by atoms with Crippen LogP contribution in [0.3, 0.4) is 0 Å². The van der Waals surface area contributed by atoms with E-state index in [-0.39, 0.29) is 11.5 Å². The fraction of sp³-hybridized carbons (Fsp3) is 0.600. The first kappa shape index (κ1) is 14.8. The predicted octanol–water partition coefficient (Wildman–Crippen LogP) is 2.15. The summed E-state index contributed by atoms with van der Waals surface area (Å²) in [6.45, 7) is 8.72. The van der Waals surface area contributed by atoms with Crippen LogP contribution in [-0.2, 0) is 4.74 Å². The van der Waals surface area contributed by atoms with Gasteiger partial charge in [-0.3, -0.25) is 4.79 Å².